The van der Waals surface area contributed by atoms with Crippen LogP contribution in [-0.4, -0.2) is 64.1 Å². The predicted molar refractivity (Wildman–Crippen MR) is 153 cm³/mol. The van der Waals surface area contributed by atoms with Gasteiger partial charge < -0.3 is 25.0 Å². The van der Waals surface area contributed by atoms with Crippen molar-refractivity contribution in [1.29, 1.82) is 0 Å². The van der Waals surface area contributed by atoms with E-state index in [2.05, 4.69) is 20.3 Å². The van der Waals surface area contributed by atoms with Gasteiger partial charge in [-0.1, -0.05) is 12.1 Å². The first-order valence-corrected chi connectivity index (χ1v) is 12.7. The van der Waals surface area contributed by atoms with E-state index in [1.165, 1.54) is 0 Å². The Labute approximate surface area is 229 Å². The van der Waals surface area contributed by atoms with Crippen LogP contribution in [0, 0.1) is 0 Å². The maximum Gasteiger partial charge on any atom is 0.324 e. The Kier molecular flexibility index (Phi) is 6.27. The van der Waals surface area contributed by atoms with Gasteiger partial charge in [0.05, 0.1) is 23.7 Å². The highest BCUT2D eigenvalue weighted by Crippen LogP contribution is 2.36. The van der Waals surface area contributed by atoms with Crippen LogP contribution >= 0.6 is 0 Å². The number of pyridine rings is 1. The number of aromatic hydroxyl groups is 1. The van der Waals surface area contributed by atoms with Crippen LogP contribution in [0.15, 0.2) is 79.0 Å². The van der Waals surface area contributed by atoms with Crippen LogP contribution in [0.3, 0.4) is 0 Å². The molecule has 10 nitrogen and oxygen atoms in total. The fourth-order valence-corrected chi connectivity index (χ4v) is 4.79. The fourth-order valence-electron chi connectivity index (χ4n) is 4.79. The molecule has 0 spiro atoms. The zero-order valence-electron chi connectivity index (χ0n) is 21.9. The zero-order valence-corrected chi connectivity index (χ0v) is 21.9. The van der Waals surface area contributed by atoms with E-state index < -0.39 is 0 Å². The molecule has 40 heavy (non-hydrogen) atoms. The van der Waals surface area contributed by atoms with Gasteiger partial charge in [-0.3, -0.25) is 9.69 Å². The van der Waals surface area contributed by atoms with E-state index >= 15 is 0 Å². The van der Waals surface area contributed by atoms with Gasteiger partial charge in [0.25, 0.3) is 5.91 Å². The van der Waals surface area contributed by atoms with Gasteiger partial charge in [-0.05, 0) is 66.2 Å². The van der Waals surface area contributed by atoms with Crippen LogP contribution in [0.2, 0.25) is 0 Å². The lowest BCUT2D eigenvalue weighted by molar-refractivity contribution is 0.102. The number of methoxy groups -OCH3 is 1. The van der Waals surface area contributed by atoms with Crippen molar-refractivity contribution in [3.05, 3.63) is 84.6 Å². The number of nitrogens with zero attached hydrogens (tertiary/aromatic N) is 4. The summed E-state index contributed by atoms with van der Waals surface area (Å²) in [5, 5.41) is 13.5. The molecule has 0 saturated carbocycles. The summed E-state index contributed by atoms with van der Waals surface area (Å²) >= 11 is 0. The monoisotopic (exact) mass is 534 g/mol. The Morgan fingerprint density at radius 3 is 2.70 bits per heavy atom. The lowest BCUT2D eigenvalue weighted by atomic mass is 10.0. The van der Waals surface area contributed by atoms with E-state index in [0.717, 1.165) is 16.8 Å². The summed E-state index contributed by atoms with van der Waals surface area (Å²) in [7, 11) is 3.32. The number of fused-ring (bicyclic) bond motifs is 1. The van der Waals surface area contributed by atoms with Crippen molar-refractivity contribution >= 4 is 34.3 Å². The van der Waals surface area contributed by atoms with Crippen molar-refractivity contribution in [3.63, 3.8) is 0 Å². The summed E-state index contributed by atoms with van der Waals surface area (Å²) in [6.45, 7) is 1.25. The number of rotatable bonds is 6. The molecule has 3 aromatic carbocycles. The second kappa shape index (κ2) is 10.1. The number of aromatic amines is 1. The molecule has 1 aliphatic rings. The minimum atomic E-state index is -0.298. The Morgan fingerprint density at radius 1 is 1.02 bits per heavy atom. The fraction of sp³-hybridized carbons (Fsp3) is 0.133. The van der Waals surface area contributed by atoms with Gasteiger partial charge in [0, 0.05) is 48.8 Å². The van der Waals surface area contributed by atoms with Gasteiger partial charge in [0.2, 0.25) is 5.88 Å². The zero-order chi connectivity index (χ0) is 27.8. The molecular weight excluding hydrogens is 508 g/mol. The molecule has 0 bridgehead atoms. The molecule has 10 heteroatoms. The number of urea groups is 1. The van der Waals surface area contributed by atoms with E-state index in [0.29, 0.717) is 52.6 Å². The molecule has 2 aromatic heterocycles. The minimum Gasteiger partial charge on any atom is -0.507 e. The van der Waals surface area contributed by atoms with Gasteiger partial charge in [0.15, 0.2) is 0 Å². The van der Waals surface area contributed by atoms with Crippen LogP contribution in [0.1, 0.15) is 10.4 Å². The Morgan fingerprint density at radius 2 is 1.90 bits per heavy atom. The van der Waals surface area contributed by atoms with Crippen LogP contribution in [-0.2, 0) is 0 Å². The number of amides is 3. The third kappa shape index (κ3) is 4.55. The van der Waals surface area contributed by atoms with Crippen LogP contribution in [0.4, 0.5) is 16.2 Å². The number of carbonyl (C=O) groups is 2. The molecule has 200 valence electrons. The smallest absolute Gasteiger partial charge is 0.324 e. The molecule has 5 aromatic rings. The van der Waals surface area contributed by atoms with Crippen molar-refractivity contribution in [2.24, 2.45) is 0 Å². The standard InChI is InChI=1S/C30H26N6O4/c1-35-13-14-36(30(35)39)21-6-3-5-20(17-21)32-28(38)19-8-10-24-25(16-19)34-27(33-24)23-15-18(9-11-26(23)37)22-7-4-12-31-29(22)40-2/h3-12,15-17,37H,13-14H2,1-2H3,(H,32,38)(H,33,34). The predicted octanol–water partition coefficient (Wildman–Crippen LogP) is 5.13. The largest absolute Gasteiger partial charge is 0.507 e. The van der Waals surface area contributed by atoms with Crippen molar-refractivity contribution in [2.75, 3.05) is 37.5 Å². The summed E-state index contributed by atoms with van der Waals surface area (Å²) in [5.41, 5.74) is 5.14. The van der Waals surface area contributed by atoms with Crippen molar-refractivity contribution in [2.45, 2.75) is 0 Å². The molecule has 0 radical (unpaired) electrons. The second-order valence-corrected chi connectivity index (χ2v) is 9.47. The van der Waals surface area contributed by atoms with E-state index in [4.69, 9.17) is 4.74 Å². The highest BCUT2D eigenvalue weighted by atomic mass is 16.5. The van der Waals surface area contributed by atoms with Gasteiger partial charge in [-0.25, -0.2) is 14.8 Å². The number of hydrogen-bond donors (Lipinski definition) is 3. The summed E-state index contributed by atoms with van der Waals surface area (Å²) in [6, 6.07) is 21.2. The second-order valence-electron chi connectivity index (χ2n) is 9.47. The maximum atomic E-state index is 13.1. The van der Waals surface area contributed by atoms with Gasteiger partial charge in [0.1, 0.15) is 11.6 Å². The molecule has 1 fully saturated rings. The van der Waals surface area contributed by atoms with Gasteiger partial charge in [-0.2, -0.15) is 0 Å². The topological polar surface area (TPSA) is 124 Å². The lowest BCUT2D eigenvalue weighted by Gasteiger charge is -2.17. The van der Waals surface area contributed by atoms with E-state index in [9.17, 15) is 14.7 Å². The van der Waals surface area contributed by atoms with Crippen molar-refractivity contribution in [3.8, 4) is 34.1 Å². The quantitative estimate of drug-likeness (QED) is 0.278. The maximum absolute atomic E-state index is 13.1. The molecule has 1 saturated heterocycles. The number of imidazole rings is 1. The summed E-state index contributed by atoms with van der Waals surface area (Å²) in [5.74, 6) is 0.701. The van der Waals surface area contributed by atoms with Crippen LogP contribution in [0.5, 0.6) is 11.6 Å². The van der Waals surface area contributed by atoms with Gasteiger partial charge >= 0.3 is 6.03 Å². The first-order valence-electron chi connectivity index (χ1n) is 12.7. The first kappa shape index (κ1) is 24.9. The number of phenols is 1. The normalized spacial score (nSPS) is 13.2. The average Bonchev–Trinajstić information content (AvgIpc) is 3.55. The van der Waals surface area contributed by atoms with E-state index in [1.807, 2.05) is 30.3 Å². The molecule has 3 N–H and O–H groups in total. The first-order chi connectivity index (χ1) is 19.4. The third-order valence-electron chi connectivity index (χ3n) is 6.90. The number of aromatic nitrogens is 3. The number of benzene rings is 3. The van der Waals surface area contributed by atoms with Crippen LogP contribution in [0.25, 0.3) is 33.5 Å². The van der Waals surface area contributed by atoms with E-state index in [1.54, 1.807) is 72.6 Å². The highest BCUT2D eigenvalue weighted by Gasteiger charge is 2.26. The number of H-pyrrole nitrogens is 1. The number of phenolic OH excluding ortho intramolecular Hbond substituents is 1. The van der Waals surface area contributed by atoms with Gasteiger partial charge in [-0.15, -0.1) is 0 Å². The van der Waals surface area contributed by atoms with E-state index in [-0.39, 0.29) is 17.7 Å². The molecule has 0 aliphatic carbocycles. The Bertz CT molecular complexity index is 1760. The summed E-state index contributed by atoms with van der Waals surface area (Å²) in [6.07, 6.45) is 1.65. The van der Waals surface area contributed by atoms with Crippen molar-refractivity contribution < 1.29 is 19.4 Å². The SMILES string of the molecule is COc1ncccc1-c1ccc(O)c(-c2nc3ccc(C(=O)Nc4cccc(N5CCN(C)C5=O)c4)cc3[nH]2)c1. The number of likely N-dealkylation sites (N-methyl/N-ethyl adjacent to an activating group) is 1. The number of hydrogen-bond acceptors (Lipinski definition) is 6. The minimum absolute atomic E-state index is 0.0613. The number of nitrogens with one attached hydrogen (secondary N) is 2. The molecule has 0 unspecified atom stereocenters. The van der Waals surface area contributed by atoms with Crippen molar-refractivity contribution in [1.82, 2.24) is 19.9 Å². The molecule has 3 heterocycles. The summed E-state index contributed by atoms with van der Waals surface area (Å²) in [4.78, 5) is 40.9. The molecular formula is C30H26N6O4. The number of carbonyl (C=O) groups excluding carboxylic acids is 2. The third-order valence-corrected chi connectivity index (χ3v) is 6.90. The highest BCUT2D eigenvalue weighted by molar-refractivity contribution is 6.06. The Hall–Kier alpha value is -5.38. The molecule has 3 amide bonds. The van der Waals surface area contributed by atoms with Crippen LogP contribution < -0.4 is 15.0 Å². The lowest BCUT2D eigenvalue weighted by Crippen LogP contribution is -2.29. The number of ether oxygens (including phenoxy) is 1. The average molecular weight is 535 g/mol. The molecule has 1 aliphatic heterocycles. The Balaban J connectivity index is 1.26. The molecule has 0 atom stereocenters. The number of anilines is 2. The summed E-state index contributed by atoms with van der Waals surface area (Å²) < 4.78 is 5.39. The molecule has 6 rings (SSSR count).